The topological polar surface area (TPSA) is 192 Å². The fourth-order valence-electron chi connectivity index (χ4n) is 3.96. The normalized spacial score (nSPS) is 15.5. The van der Waals surface area contributed by atoms with E-state index in [9.17, 15) is 24.8 Å². The first-order chi connectivity index (χ1) is 19.6. The van der Waals surface area contributed by atoms with Crippen molar-refractivity contribution in [2.75, 3.05) is 34.5 Å². The van der Waals surface area contributed by atoms with E-state index in [1.807, 2.05) is 0 Å². The summed E-state index contributed by atoms with van der Waals surface area (Å²) in [6.07, 6.45) is -0.0313. The first-order valence-electron chi connectivity index (χ1n) is 12.3. The average Bonchev–Trinajstić information content (AvgIpc) is 2.95. The van der Waals surface area contributed by atoms with Gasteiger partial charge in [-0.3, -0.25) is 15.5 Å². The highest BCUT2D eigenvalue weighted by atomic mass is 16.6. The summed E-state index contributed by atoms with van der Waals surface area (Å²) < 4.78 is 26.6. The van der Waals surface area contributed by atoms with Crippen molar-refractivity contribution < 1.29 is 43.3 Å². The highest BCUT2D eigenvalue weighted by Crippen LogP contribution is 2.35. The molecule has 0 saturated carbocycles. The van der Waals surface area contributed by atoms with Gasteiger partial charge in [0.15, 0.2) is 17.7 Å². The van der Waals surface area contributed by atoms with Crippen molar-refractivity contribution in [3.8, 4) is 23.0 Å². The fourth-order valence-corrected chi connectivity index (χ4v) is 3.96. The van der Waals surface area contributed by atoms with E-state index in [2.05, 4.69) is 21.2 Å². The van der Waals surface area contributed by atoms with Gasteiger partial charge in [0.2, 0.25) is 5.75 Å². The van der Waals surface area contributed by atoms with Crippen LogP contribution in [0.4, 0.5) is 10.5 Å². The number of carbonyl (C=O) groups is 2. The van der Waals surface area contributed by atoms with Gasteiger partial charge in [-0.05, 0) is 31.5 Å². The first kappa shape index (κ1) is 30.5. The number of allylic oxidation sites excluding steroid dienone is 1. The molecule has 0 spiro atoms. The molecule has 0 unspecified atom stereocenters. The summed E-state index contributed by atoms with van der Waals surface area (Å²) in [6.45, 7) is 3.41. The molecule has 2 atom stereocenters. The van der Waals surface area contributed by atoms with E-state index in [1.54, 1.807) is 32.0 Å². The lowest BCUT2D eigenvalue weighted by Crippen LogP contribution is -2.45. The second kappa shape index (κ2) is 13.8. The van der Waals surface area contributed by atoms with E-state index < -0.39 is 29.2 Å². The third kappa shape index (κ3) is 7.33. The summed E-state index contributed by atoms with van der Waals surface area (Å²) in [7, 11) is 3.95. The van der Waals surface area contributed by atoms with Crippen LogP contribution in [0.2, 0.25) is 0 Å². The molecule has 1 aliphatic heterocycles. The second-order valence-electron chi connectivity index (χ2n) is 8.44. The molecule has 2 amide bonds. The number of urea groups is 1. The number of esters is 1. The van der Waals surface area contributed by atoms with Gasteiger partial charge in [-0.2, -0.15) is 5.10 Å². The van der Waals surface area contributed by atoms with Gasteiger partial charge in [0.1, 0.15) is 12.4 Å². The molecule has 0 saturated heterocycles. The van der Waals surface area contributed by atoms with Crippen LogP contribution < -0.4 is 35.0 Å². The number of amides is 2. The third-order valence-electron chi connectivity index (χ3n) is 5.83. The van der Waals surface area contributed by atoms with E-state index in [1.165, 1.54) is 39.7 Å². The maximum absolute atomic E-state index is 12.4. The van der Waals surface area contributed by atoms with E-state index in [0.717, 1.165) is 0 Å². The van der Waals surface area contributed by atoms with Crippen LogP contribution in [0, 0.1) is 10.1 Å². The van der Waals surface area contributed by atoms with Gasteiger partial charge in [-0.1, -0.05) is 6.07 Å². The lowest BCUT2D eigenvalue weighted by atomic mass is 9.95. The Morgan fingerprint density at radius 3 is 2.51 bits per heavy atom. The summed E-state index contributed by atoms with van der Waals surface area (Å²) >= 11 is 0. The van der Waals surface area contributed by atoms with Crippen molar-refractivity contribution in [3.63, 3.8) is 0 Å². The molecule has 1 aliphatic rings. The first-order valence-corrected chi connectivity index (χ1v) is 12.3. The number of aliphatic hydroxyl groups is 1. The minimum atomic E-state index is -1.28. The maximum atomic E-state index is 12.4. The number of hydrogen-bond donors (Lipinski definition) is 4. The van der Waals surface area contributed by atoms with Crippen LogP contribution >= 0.6 is 0 Å². The molecule has 0 aliphatic carbocycles. The molecule has 0 bridgehead atoms. The smallest absolute Gasteiger partial charge is 0.337 e. The molecule has 220 valence electrons. The summed E-state index contributed by atoms with van der Waals surface area (Å²) in [4.78, 5) is 35.2. The van der Waals surface area contributed by atoms with Gasteiger partial charge in [-0.25, -0.2) is 9.59 Å². The van der Waals surface area contributed by atoms with Crippen molar-refractivity contribution in [1.29, 1.82) is 0 Å². The Bertz CT molecular complexity index is 1360. The number of benzene rings is 2. The molecule has 2 aromatic rings. The summed E-state index contributed by atoms with van der Waals surface area (Å²) in [5.74, 6) is 0.293. The Labute approximate surface area is 235 Å². The monoisotopic (exact) mass is 573 g/mol. The molecule has 1 heterocycles. The molecular formula is C26H31N5O10. The minimum absolute atomic E-state index is 0.0247. The minimum Gasteiger partial charge on any atom is -0.496 e. The summed E-state index contributed by atoms with van der Waals surface area (Å²) in [5, 5.41) is 30.8. The van der Waals surface area contributed by atoms with Crippen molar-refractivity contribution in [3.05, 3.63) is 62.8 Å². The Kier molecular flexibility index (Phi) is 10.3. The number of carbonyl (C=O) groups excluding carboxylic acids is 2. The number of ether oxygens (including phenoxy) is 5. The van der Waals surface area contributed by atoms with Gasteiger partial charge >= 0.3 is 17.7 Å². The number of hydrogen-bond acceptors (Lipinski definition) is 12. The van der Waals surface area contributed by atoms with Gasteiger partial charge in [0, 0.05) is 23.4 Å². The van der Waals surface area contributed by atoms with Crippen molar-refractivity contribution in [2.45, 2.75) is 26.1 Å². The predicted molar refractivity (Wildman–Crippen MR) is 145 cm³/mol. The molecule has 2 aromatic carbocycles. The number of nitro benzene ring substituents is 1. The summed E-state index contributed by atoms with van der Waals surface area (Å²) in [6, 6.07) is 6.16. The van der Waals surface area contributed by atoms with Crippen LogP contribution in [-0.4, -0.2) is 69.0 Å². The lowest BCUT2D eigenvalue weighted by molar-refractivity contribution is -0.385. The van der Waals surface area contributed by atoms with Gasteiger partial charge < -0.3 is 39.4 Å². The number of hydrazone groups is 1. The van der Waals surface area contributed by atoms with E-state index in [0.29, 0.717) is 17.0 Å². The van der Waals surface area contributed by atoms with Crippen LogP contribution in [0.15, 0.2) is 46.7 Å². The highest BCUT2D eigenvalue weighted by Gasteiger charge is 2.32. The second-order valence-corrected chi connectivity index (χ2v) is 8.44. The van der Waals surface area contributed by atoms with Gasteiger partial charge in [-0.15, -0.1) is 0 Å². The Hall–Kier alpha value is -5.05. The van der Waals surface area contributed by atoms with Crippen molar-refractivity contribution in [1.82, 2.24) is 16.1 Å². The van der Waals surface area contributed by atoms with Crippen LogP contribution in [0.3, 0.4) is 0 Å². The zero-order valence-electron chi connectivity index (χ0n) is 23.0. The number of aliphatic hydroxyl groups excluding tert-OH is 1. The summed E-state index contributed by atoms with van der Waals surface area (Å²) in [5.41, 5.74) is 3.60. The standard InChI is InChI=1S/C26H31N5O10/c1-6-40-21-10-15(24-23(25(33)39-5)14(2)28-26(34)29-24)7-8-18(21)41-13-22(32)30-27-12-16-9-17(31(35)36)20(38-4)11-19(16)37-3/h7-12,22,24,30,32H,6,13H2,1-5H3,(H2,28,29,34)/b27-12-/t22-,24+/m1/s1. The van der Waals surface area contributed by atoms with Gasteiger partial charge in [0.25, 0.3) is 0 Å². The zero-order chi connectivity index (χ0) is 30.1. The van der Waals surface area contributed by atoms with Crippen molar-refractivity contribution in [2.24, 2.45) is 5.10 Å². The lowest BCUT2D eigenvalue weighted by Gasteiger charge is -2.28. The largest absolute Gasteiger partial charge is 0.496 e. The molecule has 41 heavy (non-hydrogen) atoms. The molecule has 4 N–H and O–H groups in total. The van der Waals surface area contributed by atoms with E-state index in [-0.39, 0.29) is 47.3 Å². The number of nitrogens with zero attached hydrogens (tertiary/aromatic N) is 2. The molecule has 15 nitrogen and oxygen atoms in total. The molecule has 0 fully saturated rings. The molecule has 15 heteroatoms. The third-order valence-corrected chi connectivity index (χ3v) is 5.83. The maximum Gasteiger partial charge on any atom is 0.337 e. The molecule has 3 rings (SSSR count). The Morgan fingerprint density at radius 1 is 1.15 bits per heavy atom. The number of nitrogens with one attached hydrogen (secondary N) is 3. The zero-order valence-corrected chi connectivity index (χ0v) is 23.0. The van der Waals surface area contributed by atoms with Crippen LogP contribution in [0.25, 0.3) is 0 Å². The number of methoxy groups -OCH3 is 3. The highest BCUT2D eigenvalue weighted by molar-refractivity contribution is 5.95. The van der Waals surface area contributed by atoms with Crippen LogP contribution in [-0.2, 0) is 9.53 Å². The number of nitro groups is 1. The van der Waals surface area contributed by atoms with Gasteiger partial charge in [0.05, 0.1) is 50.7 Å². The van der Waals surface area contributed by atoms with Crippen LogP contribution in [0.5, 0.6) is 23.0 Å². The molecule has 0 aromatic heterocycles. The van der Waals surface area contributed by atoms with E-state index in [4.69, 9.17) is 23.7 Å². The number of rotatable bonds is 13. The Balaban J connectivity index is 1.73. The fraction of sp³-hybridized carbons (Fsp3) is 0.346. The van der Waals surface area contributed by atoms with Crippen LogP contribution in [0.1, 0.15) is 31.0 Å². The van der Waals surface area contributed by atoms with E-state index >= 15 is 0 Å². The predicted octanol–water partition coefficient (Wildman–Crippen LogP) is 2.13. The average molecular weight is 574 g/mol. The molecule has 0 radical (unpaired) electrons. The van der Waals surface area contributed by atoms with Crippen molar-refractivity contribution >= 4 is 23.9 Å². The quantitative estimate of drug-likeness (QED) is 0.0902. The molecular weight excluding hydrogens is 542 g/mol. The Morgan fingerprint density at radius 2 is 1.88 bits per heavy atom. The SMILES string of the molecule is CCOc1cc([C@@H]2NC(=O)NC(C)=C2C(=O)OC)ccc1OC[C@@H](O)N/N=C\c1cc([N+](=O)[O-])c(OC)cc1OC.